The molecular weight excluding hydrogens is 306 g/mol. The lowest BCUT2D eigenvalue weighted by molar-refractivity contribution is 0.0794. The van der Waals surface area contributed by atoms with E-state index in [2.05, 4.69) is 29.9 Å². The van der Waals surface area contributed by atoms with Gasteiger partial charge in [-0.1, -0.05) is 11.6 Å². The van der Waals surface area contributed by atoms with E-state index in [0.717, 1.165) is 58.1 Å². The lowest BCUT2D eigenvalue weighted by Crippen LogP contribution is -2.41. The van der Waals surface area contributed by atoms with Crippen molar-refractivity contribution in [2.24, 2.45) is 4.99 Å². The van der Waals surface area contributed by atoms with Crippen molar-refractivity contribution < 1.29 is 4.74 Å². The number of nitrogens with one attached hydrogen (secondary N) is 2. The van der Waals surface area contributed by atoms with Crippen LogP contribution in [0.4, 0.5) is 0 Å². The highest BCUT2D eigenvalue weighted by molar-refractivity contribution is 8.00. The van der Waals surface area contributed by atoms with Crippen LogP contribution in [0.25, 0.3) is 0 Å². The van der Waals surface area contributed by atoms with Gasteiger partial charge in [-0.25, -0.2) is 0 Å². The van der Waals surface area contributed by atoms with Gasteiger partial charge in [0.25, 0.3) is 0 Å². The van der Waals surface area contributed by atoms with E-state index in [1.165, 1.54) is 25.7 Å². The van der Waals surface area contributed by atoms with Crippen LogP contribution in [-0.2, 0) is 4.74 Å². The SMILES string of the molecule is CCNC(=NCC1(SC)CCOCC1)NCCC1=CCCCC1. The molecule has 0 aromatic heterocycles. The van der Waals surface area contributed by atoms with E-state index in [9.17, 15) is 0 Å². The maximum absolute atomic E-state index is 5.51. The van der Waals surface area contributed by atoms with Crippen molar-refractivity contribution in [1.82, 2.24) is 10.6 Å². The van der Waals surface area contributed by atoms with Gasteiger partial charge >= 0.3 is 0 Å². The van der Waals surface area contributed by atoms with Gasteiger partial charge in [0.2, 0.25) is 0 Å². The van der Waals surface area contributed by atoms with Crippen LogP contribution in [0.5, 0.6) is 0 Å². The fourth-order valence-corrected chi connectivity index (χ4v) is 3.98. The van der Waals surface area contributed by atoms with Gasteiger partial charge in [0.15, 0.2) is 5.96 Å². The molecule has 2 N–H and O–H groups in total. The summed E-state index contributed by atoms with van der Waals surface area (Å²) >= 11 is 1.95. The zero-order valence-corrected chi connectivity index (χ0v) is 15.6. The fourth-order valence-electron chi connectivity index (χ4n) is 3.21. The molecule has 1 aliphatic heterocycles. The van der Waals surface area contributed by atoms with Crippen molar-refractivity contribution >= 4 is 17.7 Å². The highest BCUT2D eigenvalue weighted by Crippen LogP contribution is 2.33. The number of ether oxygens (including phenoxy) is 1. The zero-order chi connectivity index (χ0) is 16.4. The number of rotatable bonds is 7. The number of aliphatic imine (C=N–C) groups is 1. The average Bonchev–Trinajstić information content (AvgIpc) is 2.61. The summed E-state index contributed by atoms with van der Waals surface area (Å²) in [5.74, 6) is 0.962. The van der Waals surface area contributed by atoms with Crippen molar-refractivity contribution in [2.45, 2.75) is 56.6 Å². The molecule has 2 rings (SSSR count). The highest BCUT2D eigenvalue weighted by atomic mass is 32.2. The highest BCUT2D eigenvalue weighted by Gasteiger charge is 2.31. The second-order valence-electron chi connectivity index (χ2n) is 6.48. The first kappa shape index (κ1) is 18.7. The number of hydrogen-bond acceptors (Lipinski definition) is 3. The van der Waals surface area contributed by atoms with Gasteiger partial charge in [-0.3, -0.25) is 4.99 Å². The van der Waals surface area contributed by atoms with Gasteiger partial charge < -0.3 is 15.4 Å². The molecule has 23 heavy (non-hydrogen) atoms. The molecule has 4 nitrogen and oxygen atoms in total. The Morgan fingerprint density at radius 3 is 2.78 bits per heavy atom. The number of hydrogen-bond donors (Lipinski definition) is 2. The molecule has 2 aliphatic rings. The van der Waals surface area contributed by atoms with Crippen molar-refractivity contribution in [3.8, 4) is 0 Å². The van der Waals surface area contributed by atoms with Crippen LogP contribution in [0.3, 0.4) is 0 Å². The Kier molecular flexibility index (Phi) is 8.31. The molecule has 0 spiro atoms. The summed E-state index contributed by atoms with van der Waals surface area (Å²) in [7, 11) is 0. The third-order valence-corrected chi connectivity index (χ3v) is 6.23. The van der Waals surface area contributed by atoms with Crippen LogP contribution in [0.1, 0.15) is 51.9 Å². The third-order valence-electron chi connectivity index (χ3n) is 4.83. The van der Waals surface area contributed by atoms with Crippen LogP contribution >= 0.6 is 11.8 Å². The molecule has 0 unspecified atom stereocenters. The monoisotopic (exact) mass is 339 g/mol. The van der Waals surface area contributed by atoms with Crippen LogP contribution < -0.4 is 10.6 Å². The second kappa shape index (κ2) is 10.2. The summed E-state index contributed by atoms with van der Waals surface area (Å²) in [6.07, 6.45) is 13.3. The van der Waals surface area contributed by atoms with Gasteiger partial charge in [-0.05, 0) is 58.1 Å². The van der Waals surface area contributed by atoms with Gasteiger partial charge in [0.05, 0.1) is 6.54 Å². The summed E-state index contributed by atoms with van der Waals surface area (Å²) < 4.78 is 5.77. The Hall–Kier alpha value is -0.680. The topological polar surface area (TPSA) is 45.7 Å². The number of guanidine groups is 1. The molecule has 1 aliphatic carbocycles. The number of nitrogens with zero attached hydrogens (tertiary/aromatic N) is 1. The third kappa shape index (κ3) is 6.38. The van der Waals surface area contributed by atoms with Crippen molar-refractivity contribution in [3.63, 3.8) is 0 Å². The molecule has 1 saturated heterocycles. The quantitative estimate of drug-likeness (QED) is 0.424. The first-order valence-electron chi connectivity index (χ1n) is 9.11. The minimum absolute atomic E-state index is 0.256. The normalized spacial score (nSPS) is 21.7. The molecule has 0 saturated carbocycles. The molecule has 0 bridgehead atoms. The van der Waals surface area contributed by atoms with E-state index in [1.807, 2.05) is 11.8 Å². The Morgan fingerprint density at radius 1 is 1.30 bits per heavy atom. The Morgan fingerprint density at radius 2 is 2.13 bits per heavy atom. The predicted octanol–water partition coefficient (Wildman–Crippen LogP) is 3.34. The molecule has 0 aromatic carbocycles. The summed E-state index contributed by atoms with van der Waals surface area (Å²) in [5, 5.41) is 6.89. The van der Waals surface area contributed by atoms with E-state index >= 15 is 0 Å². The average molecular weight is 340 g/mol. The van der Waals surface area contributed by atoms with Crippen LogP contribution in [-0.4, -0.2) is 49.8 Å². The summed E-state index contributed by atoms with van der Waals surface area (Å²) in [6, 6.07) is 0. The Balaban J connectivity index is 1.82. The molecular formula is C18H33N3OS. The van der Waals surface area contributed by atoms with Crippen molar-refractivity contribution in [3.05, 3.63) is 11.6 Å². The van der Waals surface area contributed by atoms with E-state index in [-0.39, 0.29) is 4.75 Å². The standard InChI is InChI=1S/C18H33N3OS/c1-3-19-17(20-12-9-16-7-5-4-6-8-16)21-15-18(23-2)10-13-22-14-11-18/h7H,3-6,8-15H2,1-2H3,(H2,19,20,21). The molecule has 1 fully saturated rings. The van der Waals surface area contributed by atoms with Gasteiger partial charge in [0.1, 0.15) is 0 Å². The molecule has 1 heterocycles. The number of thioether (sulfide) groups is 1. The smallest absolute Gasteiger partial charge is 0.191 e. The van der Waals surface area contributed by atoms with Gasteiger partial charge in [-0.15, -0.1) is 0 Å². The first-order chi connectivity index (χ1) is 11.3. The Bertz CT molecular complexity index is 403. The fraction of sp³-hybridized carbons (Fsp3) is 0.833. The number of allylic oxidation sites excluding steroid dienone is 1. The lowest BCUT2D eigenvalue weighted by atomic mass is 9.97. The van der Waals surface area contributed by atoms with Crippen LogP contribution in [0, 0.1) is 0 Å². The molecule has 5 heteroatoms. The maximum Gasteiger partial charge on any atom is 0.191 e. The lowest BCUT2D eigenvalue weighted by Gasteiger charge is -2.34. The maximum atomic E-state index is 5.51. The van der Waals surface area contributed by atoms with Crippen LogP contribution in [0.2, 0.25) is 0 Å². The van der Waals surface area contributed by atoms with Crippen molar-refractivity contribution in [2.75, 3.05) is 39.1 Å². The summed E-state index contributed by atoms with van der Waals surface area (Å²) in [6.45, 7) is 6.62. The molecule has 0 aromatic rings. The minimum Gasteiger partial charge on any atom is -0.381 e. The van der Waals surface area contributed by atoms with Gasteiger partial charge in [0, 0.05) is 31.1 Å². The molecule has 0 radical (unpaired) electrons. The summed E-state index contributed by atoms with van der Waals surface area (Å²) in [5.41, 5.74) is 1.62. The molecule has 132 valence electrons. The van der Waals surface area contributed by atoms with E-state index in [0.29, 0.717) is 0 Å². The van der Waals surface area contributed by atoms with Crippen LogP contribution in [0.15, 0.2) is 16.6 Å². The zero-order valence-electron chi connectivity index (χ0n) is 14.8. The van der Waals surface area contributed by atoms with E-state index in [4.69, 9.17) is 9.73 Å². The van der Waals surface area contributed by atoms with Gasteiger partial charge in [-0.2, -0.15) is 11.8 Å². The second-order valence-corrected chi connectivity index (χ2v) is 7.75. The first-order valence-corrected chi connectivity index (χ1v) is 10.3. The molecule has 0 amide bonds. The summed E-state index contributed by atoms with van der Waals surface area (Å²) in [4.78, 5) is 4.86. The Labute approximate surface area is 145 Å². The van der Waals surface area contributed by atoms with E-state index < -0.39 is 0 Å². The molecule has 0 atom stereocenters. The predicted molar refractivity (Wildman–Crippen MR) is 101 cm³/mol. The van der Waals surface area contributed by atoms with E-state index in [1.54, 1.807) is 5.57 Å². The largest absolute Gasteiger partial charge is 0.381 e. The van der Waals surface area contributed by atoms with Crippen molar-refractivity contribution in [1.29, 1.82) is 0 Å². The minimum atomic E-state index is 0.256.